The smallest absolute Gasteiger partial charge is 0.122 e. The first kappa shape index (κ1) is 21.8. The third-order valence-electron chi connectivity index (χ3n) is 6.04. The van der Waals surface area contributed by atoms with Crippen LogP contribution in [0.1, 0.15) is 29.3 Å². The Morgan fingerprint density at radius 2 is 1.38 bits per heavy atom. The molecular weight excluding hydrogens is 420 g/mol. The van der Waals surface area contributed by atoms with Gasteiger partial charge in [-0.1, -0.05) is 78.9 Å². The lowest BCUT2D eigenvalue weighted by molar-refractivity contribution is 0.299. The molecule has 0 spiro atoms. The van der Waals surface area contributed by atoms with Gasteiger partial charge in [0.2, 0.25) is 0 Å². The number of para-hydroxylation sites is 2. The molecule has 1 aromatic heterocycles. The molecule has 0 aliphatic heterocycles. The molecule has 0 bridgehead atoms. The summed E-state index contributed by atoms with van der Waals surface area (Å²) in [7, 11) is 1.67. The molecule has 5 aromatic rings. The lowest BCUT2D eigenvalue weighted by atomic mass is 9.90. The van der Waals surface area contributed by atoms with E-state index in [0.29, 0.717) is 6.61 Å². The second-order valence-corrected chi connectivity index (χ2v) is 8.25. The number of benzene rings is 4. The van der Waals surface area contributed by atoms with E-state index in [1.165, 1.54) is 11.1 Å². The van der Waals surface area contributed by atoms with Crippen LogP contribution in [0.2, 0.25) is 0 Å². The van der Waals surface area contributed by atoms with Crippen LogP contribution in [0, 0.1) is 0 Å². The minimum absolute atomic E-state index is 0.0501. The molecule has 170 valence electrons. The zero-order valence-corrected chi connectivity index (χ0v) is 19.3. The van der Waals surface area contributed by atoms with Crippen LogP contribution in [0.5, 0.6) is 11.5 Å². The molecule has 5 rings (SSSR count). The molecule has 0 aliphatic rings. The normalized spacial score (nSPS) is 11.1. The van der Waals surface area contributed by atoms with Crippen molar-refractivity contribution in [2.45, 2.75) is 18.9 Å². The van der Waals surface area contributed by atoms with Crippen molar-refractivity contribution in [1.82, 2.24) is 9.55 Å². The van der Waals surface area contributed by atoms with Crippen molar-refractivity contribution >= 4 is 11.0 Å². The van der Waals surface area contributed by atoms with Crippen molar-refractivity contribution in [2.75, 3.05) is 13.7 Å². The highest BCUT2D eigenvalue weighted by atomic mass is 16.5. The number of hydrogen-bond acceptors (Lipinski definition) is 3. The lowest BCUT2D eigenvalue weighted by Crippen LogP contribution is -2.13. The van der Waals surface area contributed by atoms with Crippen LogP contribution in [-0.4, -0.2) is 23.3 Å². The third-order valence-corrected chi connectivity index (χ3v) is 6.04. The number of aryl methyl sites for hydroxylation is 1. The predicted molar refractivity (Wildman–Crippen MR) is 137 cm³/mol. The van der Waals surface area contributed by atoms with Crippen LogP contribution in [0.25, 0.3) is 11.0 Å². The predicted octanol–water partition coefficient (Wildman–Crippen LogP) is 6.69. The molecule has 0 fully saturated rings. The number of methoxy groups -OCH3 is 1. The fourth-order valence-corrected chi connectivity index (χ4v) is 4.43. The average Bonchev–Trinajstić information content (AvgIpc) is 3.26. The average molecular weight is 449 g/mol. The summed E-state index contributed by atoms with van der Waals surface area (Å²) < 4.78 is 13.7. The molecule has 0 saturated heterocycles. The molecule has 4 aromatic carbocycles. The summed E-state index contributed by atoms with van der Waals surface area (Å²) in [5, 5.41) is 0. The van der Waals surface area contributed by atoms with E-state index >= 15 is 0 Å². The first-order valence-electron chi connectivity index (χ1n) is 11.7. The van der Waals surface area contributed by atoms with Crippen molar-refractivity contribution in [1.29, 1.82) is 0 Å². The largest absolute Gasteiger partial charge is 0.497 e. The first-order chi connectivity index (χ1) is 16.8. The van der Waals surface area contributed by atoms with Gasteiger partial charge in [0.05, 0.1) is 30.7 Å². The highest BCUT2D eigenvalue weighted by Crippen LogP contribution is 2.33. The highest BCUT2D eigenvalue weighted by Gasteiger charge is 2.23. The zero-order valence-electron chi connectivity index (χ0n) is 19.3. The summed E-state index contributed by atoms with van der Waals surface area (Å²) in [4.78, 5) is 5.13. The standard InChI is InChI=1S/C30H28N2O2/c1-33-25-16-10-17-26(22-25)34-21-11-20-32-28-19-9-8-18-27(28)31-30(32)29(23-12-4-2-5-13-23)24-14-6-3-7-15-24/h2-10,12-19,22,29H,11,20-21H2,1H3. The topological polar surface area (TPSA) is 36.3 Å². The van der Waals surface area contributed by atoms with Crippen LogP contribution in [0.15, 0.2) is 109 Å². The summed E-state index contributed by atoms with van der Waals surface area (Å²) in [6.07, 6.45) is 0.862. The Balaban J connectivity index is 1.46. The van der Waals surface area contributed by atoms with Gasteiger partial charge in [-0.25, -0.2) is 4.98 Å². The molecule has 0 aliphatic carbocycles. The van der Waals surface area contributed by atoms with E-state index in [4.69, 9.17) is 14.5 Å². The Kier molecular flexibility index (Phi) is 6.57. The Morgan fingerprint density at radius 3 is 2.09 bits per heavy atom. The molecule has 4 nitrogen and oxygen atoms in total. The van der Waals surface area contributed by atoms with Crippen LogP contribution >= 0.6 is 0 Å². The number of aromatic nitrogens is 2. The second-order valence-electron chi connectivity index (χ2n) is 8.25. The molecule has 0 radical (unpaired) electrons. The van der Waals surface area contributed by atoms with E-state index in [1.54, 1.807) is 7.11 Å². The minimum Gasteiger partial charge on any atom is -0.497 e. The monoisotopic (exact) mass is 448 g/mol. The lowest BCUT2D eigenvalue weighted by Gasteiger charge is -2.20. The van der Waals surface area contributed by atoms with Crippen molar-refractivity contribution in [3.05, 3.63) is 126 Å². The van der Waals surface area contributed by atoms with Gasteiger partial charge in [-0.3, -0.25) is 0 Å². The van der Waals surface area contributed by atoms with Gasteiger partial charge in [-0.15, -0.1) is 0 Å². The second kappa shape index (κ2) is 10.3. The van der Waals surface area contributed by atoms with Gasteiger partial charge in [0.1, 0.15) is 17.3 Å². The molecule has 0 amide bonds. The van der Waals surface area contributed by atoms with Gasteiger partial charge in [-0.05, 0) is 41.8 Å². The highest BCUT2D eigenvalue weighted by molar-refractivity contribution is 5.76. The summed E-state index contributed by atoms with van der Waals surface area (Å²) in [6, 6.07) is 37.4. The van der Waals surface area contributed by atoms with Crippen molar-refractivity contribution in [2.24, 2.45) is 0 Å². The molecule has 0 N–H and O–H groups in total. The zero-order chi connectivity index (χ0) is 23.2. The van der Waals surface area contributed by atoms with E-state index in [-0.39, 0.29) is 5.92 Å². The summed E-state index contributed by atoms with van der Waals surface area (Å²) in [5.41, 5.74) is 4.63. The maximum atomic E-state index is 6.01. The fourth-order valence-electron chi connectivity index (χ4n) is 4.43. The van der Waals surface area contributed by atoms with E-state index < -0.39 is 0 Å². The van der Waals surface area contributed by atoms with E-state index in [2.05, 4.69) is 89.5 Å². The molecule has 1 heterocycles. The Hall–Kier alpha value is -4.05. The fraction of sp³-hybridized carbons (Fsp3) is 0.167. The number of imidazole rings is 1. The summed E-state index contributed by atoms with van der Waals surface area (Å²) in [5.74, 6) is 2.73. The van der Waals surface area contributed by atoms with Crippen LogP contribution < -0.4 is 9.47 Å². The number of rotatable bonds is 9. The first-order valence-corrected chi connectivity index (χ1v) is 11.7. The SMILES string of the molecule is COc1cccc(OCCCn2c(C(c3ccccc3)c3ccccc3)nc3ccccc32)c1. The maximum absolute atomic E-state index is 6.01. The number of nitrogens with zero attached hydrogens (tertiary/aromatic N) is 2. The number of ether oxygens (including phenoxy) is 2. The van der Waals surface area contributed by atoms with Crippen LogP contribution in [0.4, 0.5) is 0 Å². The van der Waals surface area contributed by atoms with Gasteiger partial charge in [0.25, 0.3) is 0 Å². The van der Waals surface area contributed by atoms with Crippen molar-refractivity contribution in [3.63, 3.8) is 0 Å². The Bertz CT molecular complexity index is 1310. The maximum Gasteiger partial charge on any atom is 0.122 e. The van der Waals surface area contributed by atoms with Crippen LogP contribution in [-0.2, 0) is 6.54 Å². The van der Waals surface area contributed by atoms with Gasteiger partial charge < -0.3 is 14.0 Å². The van der Waals surface area contributed by atoms with Crippen molar-refractivity contribution in [3.8, 4) is 11.5 Å². The molecular formula is C30H28N2O2. The van der Waals surface area contributed by atoms with E-state index in [1.807, 2.05) is 24.3 Å². The van der Waals surface area contributed by atoms with Crippen molar-refractivity contribution < 1.29 is 9.47 Å². The van der Waals surface area contributed by atoms with Gasteiger partial charge in [-0.2, -0.15) is 0 Å². The number of hydrogen-bond donors (Lipinski definition) is 0. The van der Waals surface area contributed by atoms with Gasteiger partial charge >= 0.3 is 0 Å². The third kappa shape index (κ3) is 4.67. The quantitative estimate of drug-likeness (QED) is 0.236. The van der Waals surface area contributed by atoms with Crippen LogP contribution in [0.3, 0.4) is 0 Å². The molecule has 0 atom stereocenters. The van der Waals surface area contributed by atoms with E-state index in [0.717, 1.165) is 41.3 Å². The number of fused-ring (bicyclic) bond motifs is 1. The Labute approximate surface area is 200 Å². The molecule has 0 unspecified atom stereocenters. The minimum atomic E-state index is 0.0501. The van der Waals surface area contributed by atoms with Gasteiger partial charge in [0.15, 0.2) is 0 Å². The molecule has 34 heavy (non-hydrogen) atoms. The van der Waals surface area contributed by atoms with E-state index in [9.17, 15) is 0 Å². The Morgan fingerprint density at radius 1 is 0.735 bits per heavy atom. The summed E-state index contributed by atoms with van der Waals surface area (Å²) >= 11 is 0. The molecule has 4 heteroatoms. The summed E-state index contributed by atoms with van der Waals surface area (Å²) in [6.45, 7) is 1.43. The molecule has 0 saturated carbocycles. The van der Waals surface area contributed by atoms with Gasteiger partial charge in [0, 0.05) is 12.6 Å².